The van der Waals surface area contributed by atoms with Gasteiger partial charge in [-0.25, -0.2) is 15.8 Å². The van der Waals surface area contributed by atoms with E-state index < -0.39 is 12.0 Å². The standard InChI is InChI=1S/C10H17F3N6/c1-6(5-19(2)3)15-7-4-8(18-14)17-9(16-7)10(11,12)13/h4,6H,5,14H2,1-3H3,(H2,15,16,17,18). The number of hydrazine groups is 1. The van der Waals surface area contributed by atoms with Crippen LogP contribution >= 0.6 is 0 Å². The molecule has 0 aliphatic heterocycles. The Morgan fingerprint density at radius 2 is 1.89 bits per heavy atom. The zero-order valence-electron chi connectivity index (χ0n) is 10.9. The maximum Gasteiger partial charge on any atom is 0.451 e. The molecule has 1 atom stereocenters. The highest BCUT2D eigenvalue weighted by Gasteiger charge is 2.35. The number of nitrogen functional groups attached to an aromatic ring is 1. The monoisotopic (exact) mass is 278 g/mol. The summed E-state index contributed by atoms with van der Waals surface area (Å²) in [6, 6.07) is 1.25. The molecule has 1 heterocycles. The van der Waals surface area contributed by atoms with Crippen molar-refractivity contribution < 1.29 is 13.2 Å². The molecule has 108 valence electrons. The predicted octanol–water partition coefficient (Wildman–Crippen LogP) is 1.14. The number of aromatic nitrogens is 2. The van der Waals surface area contributed by atoms with Gasteiger partial charge in [-0.1, -0.05) is 0 Å². The number of nitrogens with one attached hydrogen (secondary N) is 2. The highest BCUT2D eigenvalue weighted by atomic mass is 19.4. The molecule has 6 nitrogen and oxygen atoms in total. The van der Waals surface area contributed by atoms with Crippen LogP contribution in [0.2, 0.25) is 0 Å². The SMILES string of the molecule is CC(CN(C)C)Nc1cc(NN)nc(C(F)(F)F)n1. The molecule has 0 spiro atoms. The van der Waals surface area contributed by atoms with Crippen molar-refractivity contribution in [1.82, 2.24) is 14.9 Å². The number of halogens is 3. The van der Waals surface area contributed by atoms with E-state index in [2.05, 4.69) is 20.7 Å². The molecule has 1 rings (SSSR count). The Hall–Kier alpha value is -1.61. The highest BCUT2D eigenvalue weighted by molar-refractivity contribution is 5.47. The van der Waals surface area contributed by atoms with Crippen LogP contribution in [0.5, 0.6) is 0 Å². The van der Waals surface area contributed by atoms with Crippen molar-refractivity contribution in [3.63, 3.8) is 0 Å². The average Bonchev–Trinajstić information content (AvgIpc) is 2.25. The van der Waals surface area contributed by atoms with Gasteiger partial charge < -0.3 is 15.6 Å². The largest absolute Gasteiger partial charge is 0.451 e. The molecule has 0 saturated heterocycles. The minimum atomic E-state index is -4.62. The molecule has 0 fully saturated rings. The molecular weight excluding hydrogens is 261 g/mol. The molecule has 0 amide bonds. The Labute approximate surface area is 109 Å². The fourth-order valence-corrected chi connectivity index (χ4v) is 1.57. The maximum absolute atomic E-state index is 12.6. The number of alkyl halides is 3. The van der Waals surface area contributed by atoms with Gasteiger partial charge in [-0.05, 0) is 21.0 Å². The lowest BCUT2D eigenvalue weighted by Crippen LogP contribution is -2.30. The van der Waals surface area contributed by atoms with Crippen LogP contribution in [0, 0.1) is 0 Å². The van der Waals surface area contributed by atoms with Crippen molar-refractivity contribution in [3.8, 4) is 0 Å². The summed E-state index contributed by atoms with van der Waals surface area (Å²) in [6.07, 6.45) is -4.62. The summed E-state index contributed by atoms with van der Waals surface area (Å²) in [5.74, 6) is 3.84. The number of rotatable bonds is 5. The van der Waals surface area contributed by atoms with E-state index in [4.69, 9.17) is 5.84 Å². The van der Waals surface area contributed by atoms with Crippen LogP contribution in [0.1, 0.15) is 12.7 Å². The molecule has 0 aliphatic carbocycles. The van der Waals surface area contributed by atoms with Crippen molar-refractivity contribution in [3.05, 3.63) is 11.9 Å². The normalized spacial score (nSPS) is 13.5. The molecule has 1 aromatic rings. The molecule has 0 saturated carbocycles. The van der Waals surface area contributed by atoms with Gasteiger partial charge in [-0.2, -0.15) is 13.2 Å². The molecule has 0 radical (unpaired) electrons. The summed E-state index contributed by atoms with van der Waals surface area (Å²) in [5, 5.41) is 2.87. The van der Waals surface area contributed by atoms with Gasteiger partial charge in [0, 0.05) is 18.7 Å². The number of anilines is 2. The second-order valence-electron chi connectivity index (χ2n) is 4.41. The van der Waals surface area contributed by atoms with Gasteiger partial charge in [0.05, 0.1) is 0 Å². The number of hydrogen-bond acceptors (Lipinski definition) is 6. The Bertz CT molecular complexity index is 420. The lowest BCUT2D eigenvalue weighted by atomic mass is 10.3. The molecule has 1 unspecified atom stereocenters. The lowest BCUT2D eigenvalue weighted by Gasteiger charge is -2.19. The summed E-state index contributed by atoms with van der Waals surface area (Å²) in [5.41, 5.74) is 2.09. The third kappa shape index (κ3) is 4.87. The number of likely N-dealkylation sites (N-methyl/N-ethyl adjacent to an activating group) is 1. The van der Waals surface area contributed by atoms with Gasteiger partial charge >= 0.3 is 6.18 Å². The molecule has 19 heavy (non-hydrogen) atoms. The summed E-state index contributed by atoms with van der Waals surface area (Å²) in [4.78, 5) is 8.62. The zero-order chi connectivity index (χ0) is 14.6. The fraction of sp³-hybridized carbons (Fsp3) is 0.600. The van der Waals surface area contributed by atoms with E-state index in [0.717, 1.165) is 0 Å². The van der Waals surface area contributed by atoms with E-state index in [1.54, 1.807) is 0 Å². The smallest absolute Gasteiger partial charge is 0.366 e. The molecule has 0 aliphatic rings. The second kappa shape index (κ2) is 6.02. The summed E-state index contributed by atoms with van der Waals surface area (Å²) in [7, 11) is 3.73. The first kappa shape index (κ1) is 15.4. The first-order valence-corrected chi connectivity index (χ1v) is 5.56. The fourth-order valence-electron chi connectivity index (χ4n) is 1.57. The van der Waals surface area contributed by atoms with Crippen LogP contribution in [-0.2, 0) is 6.18 Å². The third-order valence-electron chi connectivity index (χ3n) is 2.16. The van der Waals surface area contributed by atoms with Crippen LogP contribution in [0.4, 0.5) is 24.8 Å². The van der Waals surface area contributed by atoms with Crippen LogP contribution in [0.15, 0.2) is 6.07 Å². The van der Waals surface area contributed by atoms with Gasteiger partial charge in [0.25, 0.3) is 0 Å². The van der Waals surface area contributed by atoms with Crippen LogP contribution in [0.25, 0.3) is 0 Å². The van der Waals surface area contributed by atoms with Crippen molar-refractivity contribution in [2.75, 3.05) is 31.4 Å². The quantitative estimate of drug-likeness (QED) is 0.554. The topological polar surface area (TPSA) is 79.1 Å². The molecule has 0 bridgehead atoms. The van der Waals surface area contributed by atoms with E-state index in [-0.39, 0.29) is 17.7 Å². The third-order valence-corrected chi connectivity index (χ3v) is 2.16. The Morgan fingerprint density at radius 3 is 2.37 bits per heavy atom. The predicted molar refractivity (Wildman–Crippen MR) is 66.5 cm³/mol. The highest BCUT2D eigenvalue weighted by Crippen LogP contribution is 2.28. The van der Waals surface area contributed by atoms with E-state index in [1.807, 2.05) is 25.9 Å². The number of hydrogen-bond donors (Lipinski definition) is 3. The number of nitrogens with two attached hydrogens (primary N) is 1. The molecular formula is C10H17F3N6. The second-order valence-corrected chi connectivity index (χ2v) is 4.41. The zero-order valence-corrected chi connectivity index (χ0v) is 10.9. The molecule has 4 N–H and O–H groups in total. The Morgan fingerprint density at radius 1 is 1.32 bits per heavy atom. The molecule has 1 aromatic heterocycles. The summed E-state index contributed by atoms with van der Waals surface area (Å²) in [6.45, 7) is 2.49. The molecule has 9 heteroatoms. The van der Waals surface area contributed by atoms with E-state index in [1.165, 1.54) is 6.07 Å². The van der Waals surface area contributed by atoms with Crippen molar-refractivity contribution in [1.29, 1.82) is 0 Å². The van der Waals surface area contributed by atoms with Crippen LogP contribution < -0.4 is 16.6 Å². The van der Waals surface area contributed by atoms with Crippen molar-refractivity contribution >= 4 is 11.6 Å². The van der Waals surface area contributed by atoms with Gasteiger partial charge in [-0.15, -0.1) is 0 Å². The van der Waals surface area contributed by atoms with Crippen LogP contribution in [0.3, 0.4) is 0 Å². The maximum atomic E-state index is 12.6. The van der Waals surface area contributed by atoms with Gasteiger partial charge in [0.1, 0.15) is 11.6 Å². The Kier molecular flexibility index (Phi) is 4.90. The first-order valence-electron chi connectivity index (χ1n) is 5.56. The molecule has 0 aromatic carbocycles. The summed E-state index contributed by atoms with van der Waals surface area (Å²) < 4.78 is 37.8. The minimum absolute atomic E-state index is 0.0726. The first-order chi connectivity index (χ1) is 8.72. The summed E-state index contributed by atoms with van der Waals surface area (Å²) >= 11 is 0. The minimum Gasteiger partial charge on any atom is -0.366 e. The van der Waals surface area contributed by atoms with Gasteiger partial charge in [0.2, 0.25) is 5.82 Å². The van der Waals surface area contributed by atoms with Crippen molar-refractivity contribution in [2.24, 2.45) is 5.84 Å². The van der Waals surface area contributed by atoms with E-state index in [0.29, 0.717) is 6.54 Å². The van der Waals surface area contributed by atoms with E-state index in [9.17, 15) is 13.2 Å². The lowest BCUT2D eigenvalue weighted by molar-refractivity contribution is -0.144. The number of nitrogens with zero attached hydrogens (tertiary/aromatic N) is 3. The van der Waals surface area contributed by atoms with Crippen LogP contribution in [-0.4, -0.2) is 41.5 Å². The average molecular weight is 278 g/mol. The van der Waals surface area contributed by atoms with Gasteiger partial charge in [0.15, 0.2) is 0 Å². The van der Waals surface area contributed by atoms with Crippen molar-refractivity contribution in [2.45, 2.75) is 19.1 Å². The van der Waals surface area contributed by atoms with E-state index >= 15 is 0 Å². The van der Waals surface area contributed by atoms with Gasteiger partial charge in [-0.3, -0.25) is 0 Å². The Balaban J connectivity index is 2.94.